The molecule has 0 atom stereocenters. The molecule has 0 aliphatic carbocycles. The number of carbonyl (C=O) groups excluding carboxylic acids is 3. The molecule has 0 aliphatic rings. The standard InChI is InChI=1S/3C10H20O2.Ho/c3*1-4-5-6-7-8-10(2,3)9(11)12;/h3*4-8H2,1-3H3,(H,11,12);/q;;;+3/p-3. The van der Waals surface area contributed by atoms with E-state index >= 15 is 0 Å². The summed E-state index contributed by atoms with van der Waals surface area (Å²) in [7, 11) is 0. The first kappa shape index (κ1) is 43.7. The minimum Gasteiger partial charge on any atom is -0.550 e. The quantitative estimate of drug-likeness (QED) is 0.145. The van der Waals surface area contributed by atoms with Crippen molar-refractivity contribution >= 4 is 17.9 Å². The summed E-state index contributed by atoms with van der Waals surface area (Å²) in [4.78, 5) is 31.7. The van der Waals surface area contributed by atoms with E-state index in [9.17, 15) is 29.7 Å². The Balaban J connectivity index is -0.000000218. The van der Waals surface area contributed by atoms with E-state index in [4.69, 9.17) is 0 Å². The van der Waals surface area contributed by atoms with Crippen LogP contribution in [0.5, 0.6) is 0 Å². The molecule has 0 amide bonds. The van der Waals surface area contributed by atoms with Gasteiger partial charge in [-0.05, 0) is 19.3 Å². The Morgan fingerprint density at radius 3 is 0.757 bits per heavy atom. The zero-order chi connectivity index (χ0) is 28.8. The van der Waals surface area contributed by atoms with Gasteiger partial charge in [0.25, 0.3) is 0 Å². The summed E-state index contributed by atoms with van der Waals surface area (Å²) in [6.45, 7) is 16.8. The predicted molar refractivity (Wildman–Crippen MR) is 143 cm³/mol. The van der Waals surface area contributed by atoms with Gasteiger partial charge in [-0.25, -0.2) is 0 Å². The molecular weight excluding hydrogens is 621 g/mol. The molecule has 0 aliphatic heterocycles. The molecule has 0 aromatic heterocycles. The van der Waals surface area contributed by atoms with E-state index in [1.807, 2.05) is 0 Å². The Labute approximate surface area is 258 Å². The molecule has 37 heavy (non-hydrogen) atoms. The first-order valence-electron chi connectivity index (χ1n) is 14.2. The SMILES string of the molecule is CCCCCCC(C)(C)C(=O)[O-].CCCCCCC(C)(C)C(=O)[O-].CCCCCCC(C)(C)C(=O)[O-].[Ho+3]. The van der Waals surface area contributed by atoms with Crippen molar-refractivity contribution in [1.29, 1.82) is 0 Å². The third-order valence-electron chi connectivity index (χ3n) is 6.62. The number of hydrogen-bond acceptors (Lipinski definition) is 6. The van der Waals surface area contributed by atoms with Crippen LogP contribution in [0.1, 0.15) is 159 Å². The Hall–Kier alpha value is -0.330. The van der Waals surface area contributed by atoms with Crippen molar-refractivity contribution in [2.24, 2.45) is 16.2 Å². The minimum absolute atomic E-state index is 0. The summed E-state index contributed by atoms with van der Waals surface area (Å²) in [5.41, 5.74) is -1.94. The maximum atomic E-state index is 10.6. The molecule has 0 heterocycles. The Morgan fingerprint density at radius 1 is 0.432 bits per heavy atom. The van der Waals surface area contributed by atoms with Crippen LogP contribution in [0.2, 0.25) is 0 Å². The summed E-state index contributed by atoms with van der Waals surface area (Å²) < 4.78 is 0. The molecule has 0 saturated carbocycles. The number of hydrogen-bond donors (Lipinski definition) is 0. The van der Waals surface area contributed by atoms with E-state index in [0.29, 0.717) is 0 Å². The minimum atomic E-state index is -0.931. The average Bonchev–Trinajstić information content (AvgIpc) is 2.78. The van der Waals surface area contributed by atoms with Crippen molar-refractivity contribution < 1.29 is 67.4 Å². The summed E-state index contributed by atoms with van der Waals surface area (Å²) in [6.07, 6.45) is 15.7. The molecule has 0 rings (SSSR count). The van der Waals surface area contributed by atoms with Gasteiger partial charge in [-0.3, -0.25) is 0 Å². The maximum Gasteiger partial charge on any atom is 3.00 e. The van der Waals surface area contributed by atoms with Gasteiger partial charge in [0.1, 0.15) is 0 Å². The topological polar surface area (TPSA) is 120 Å². The van der Waals surface area contributed by atoms with Gasteiger partial charge in [-0.15, -0.1) is 0 Å². The van der Waals surface area contributed by atoms with Crippen LogP contribution >= 0.6 is 0 Å². The maximum absolute atomic E-state index is 10.6. The first-order chi connectivity index (χ1) is 16.5. The number of rotatable bonds is 18. The molecule has 0 radical (unpaired) electrons. The van der Waals surface area contributed by atoms with Gasteiger partial charge in [-0.1, -0.05) is 139 Å². The summed E-state index contributed by atoms with van der Waals surface area (Å²) in [5, 5.41) is 31.7. The van der Waals surface area contributed by atoms with E-state index in [1.54, 1.807) is 41.5 Å². The molecular formula is C30H57HoO6. The van der Waals surface area contributed by atoms with Crippen LogP contribution in [0.25, 0.3) is 0 Å². The van der Waals surface area contributed by atoms with Crippen molar-refractivity contribution in [3.63, 3.8) is 0 Å². The molecule has 7 heteroatoms. The van der Waals surface area contributed by atoms with Crippen LogP contribution in [0.3, 0.4) is 0 Å². The molecule has 0 spiro atoms. The van der Waals surface area contributed by atoms with Crippen LogP contribution in [0.15, 0.2) is 0 Å². The number of carboxylic acid groups (broad SMARTS) is 3. The van der Waals surface area contributed by atoms with Crippen LogP contribution in [0.4, 0.5) is 0 Å². The van der Waals surface area contributed by atoms with Gasteiger partial charge in [0.2, 0.25) is 0 Å². The van der Waals surface area contributed by atoms with Crippen molar-refractivity contribution in [3.8, 4) is 0 Å². The largest absolute Gasteiger partial charge is 3.00 e. The number of unbranched alkanes of at least 4 members (excludes halogenated alkanes) is 9. The normalized spacial score (nSPS) is 11.3. The Kier molecular flexibility index (Phi) is 29.2. The second-order valence-electron chi connectivity index (χ2n) is 11.9. The molecule has 0 N–H and O–H groups in total. The van der Waals surface area contributed by atoms with Crippen molar-refractivity contribution in [2.45, 2.75) is 159 Å². The van der Waals surface area contributed by atoms with Crippen LogP contribution in [-0.4, -0.2) is 17.9 Å². The Bertz CT molecular complexity index is 504. The molecule has 0 saturated heterocycles. The van der Waals surface area contributed by atoms with Crippen LogP contribution in [0, 0.1) is 54.0 Å². The summed E-state index contributed by atoms with van der Waals surface area (Å²) in [6, 6.07) is 0. The van der Waals surface area contributed by atoms with Crippen LogP contribution in [-0.2, 0) is 14.4 Å². The van der Waals surface area contributed by atoms with Crippen LogP contribution < -0.4 is 15.3 Å². The second kappa shape index (κ2) is 24.7. The molecule has 224 valence electrons. The third-order valence-corrected chi connectivity index (χ3v) is 6.62. The van der Waals surface area contributed by atoms with Crippen molar-refractivity contribution in [1.82, 2.24) is 0 Å². The first-order valence-corrected chi connectivity index (χ1v) is 14.2. The number of carboxylic acids is 3. The molecule has 0 aromatic rings. The third kappa shape index (κ3) is 27.0. The van der Waals surface area contributed by atoms with Gasteiger partial charge >= 0.3 is 37.7 Å². The fourth-order valence-electron chi connectivity index (χ4n) is 3.29. The van der Waals surface area contributed by atoms with E-state index in [-0.39, 0.29) is 37.7 Å². The summed E-state index contributed by atoms with van der Waals surface area (Å²) >= 11 is 0. The second-order valence-corrected chi connectivity index (χ2v) is 11.9. The van der Waals surface area contributed by atoms with Gasteiger partial charge in [-0.2, -0.15) is 0 Å². The molecule has 0 bridgehead atoms. The van der Waals surface area contributed by atoms with Gasteiger partial charge in [0.05, 0.1) is 0 Å². The molecule has 0 fully saturated rings. The van der Waals surface area contributed by atoms with E-state index < -0.39 is 34.2 Å². The smallest absolute Gasteiger partial charge is 0.550 e. The van der Waals surface area contributed by atoms with E-state index in [0.717, 1.165) is 57.8 Å². The Morgan fingerprint density at radius 2 is 0.622 bits per heavy atom. The number of carbonyl (C=O) groups is 3. The number of aliphatic carboxylic acids is 3. The van der Waals surface area contributed by atoms with Gasteiger partial charge in [0, 0.05) is 34.2 Å². The zero-order valence-electron chi connectivity index (χ0n) is 25.4. The van der Waals surface area contributed by atoms with Gasteiger partial charge in [0.15, 0.2) is 0 Å². The fraction of sp³-hybridized carbons (Fsp3) is 0.900. The predicted octanol–water partition coefficient (Wildman–Crippen LogP) is 5.20. The van der Waals surface area contributed by atoms with E-state index in [1.165, 1.54) is 38.5 Å². The zero-order valence-corrected chi connectivity index (χ0v) is 27.3. The monoisotopic (exact) mass is 678 g/mol. The van der Waals surface area contributed by atoms with Gasteiger partial charge < -0.3 is 29.7 Å². The van der Waals surface area contributed by atoms with Crippen molar-refractivity contribution in [2.75, 3.05) is 0 Å². The van der Waals surface area contributed by atoms with E-state index in [2.05, 4.69) is 20.8 Å². The fourth-order valence-corrected chi connectivity index (χ4v) is 3.29. The molecule has 0 aromatic carbocycles. The molecule has 0 unspecified atom stereocenters. The average molecular weight is 679 g/mol. The molecule has 6 nitrogen and oxygen atoms in total. The van der Waals surface area contributed by atoms with Crippen molar-refractivity contribution in [3.05, 3.63) is 0 Å². The summed E-state index contributed by atoms with van der Waals surface area (Å²) in [5.74, 6) is -2.79.